The smallest absolute Gasteiger partial charge is 0.290 e. The van der Waals surface area contributed by atoms with Crippen molar-refractivity contribution in [2.75, 3.05) is 0 Å². The predicted octanol–water partition coefficient (Wildman–Crippen LogP) is 1.67. The molecule has 0 heterocycles. The summed E-state index contributed by atoms with van der Waals surface area (Å²) in [4.78, 5) is 18.3. The summed E-state index contributed by atoms with van der Waals surface area (Å²) in [5.74, 6) is 0. The summed E-state index contributed by atoms with van der Waals surface area (Å²) >= 11 is 0. The fourth-order valence-corrected chi connectivity index (χ4v) is 0.278. The largest absolute Gasteiger partial charge is 0.632 e. The minimum Gasteiger partial charge on any atom is -0.632 e. The zero-order valence-electron chi connectivity index (χ0n) is 8.48. The third-order valence-corrected chi connectivity index (χ3v) is 0.399. The molecule has 0 saturated carbocycles. The average Bonchev–Trinajstić information content (AvgIpc) is 1.57. The summed E-state index contributed by atoms with van der Waals surface area (Å²) in [6.07, 6.45) is -0.975. The van der Waals surface area contributed by atoms with Gasteiger partial charge in [-0.2, -0.15) is 0 Å². The van der Waals surface area contributed by atoms with Crippen LogP contribution in [0, 0.1) is 0 Å². The van der Waals surface area contributed by atoms with Gasteiger partial charge >= 0.3 is 0 Å². The third-order valence-electron chi connectivity index (χ3n) is 0.399. The van der Waals surface area contributed by atoms with Crippen molar-refractivity contribution >= 4 is 12.6 Å². The summed E-state index contributed by atoms with van der Waals surface area (Å²) in [6.45, 7) is 4.92. The Hall–Kier alpha value is 2.05. The van der Waals surface area contributed by atoms with Crippen LogP contribution in [0.1, 0.15) is 20.8 Å². The fourth-order valence-electron chi connectivity index (χ4n) is 0.278. The normalized spacial score (nSPS) is 7.07. The van der Waals surface area contributed by atoms with Crippen LogP contribution in [0.2, 0.25) is 0 Å². The summed E-state index contributed by atoms with van der Waals surface area (Å²) in [6, 6.07) is 0. The molecule has 14 heavy (non-hydrogen) atoms. The van der Waals surface area contributed by atoms with E-state index in [0.717, 1.165) is 0 Å². The Balaban J connectivity index is -0.0000000405. The van der Waals surface area contributed by atoms with Crippen LogP contribution in [0.3, 0.4) is 0 Å². The minimum absolute atomic E-state index is 0. The van der Waals surface area contributed by atoms with E-state index in [1.54, 1.807) is 20.8 Å². The molecule has 0 aliphatic rings. The molecule has 0 atom stereocenters. The molecule has 0 spiro atoms. The molecule has 1 amide bonds. The molecule has 0 saturated heterocycles. The molecule has 0 aromatic rings. The summed E-state index contributed by atoms with van der Waals surface area (Å²) in [7, 11) is 0. The minimum atomic E-state index is -0.975. The molecule has 0 rings (SSSR count). The number of hydrogen-bond donors (Lipinski definition) is 1. The summed E-state index contributed by atoms with van der Waals surface area (Å²) < 4.78 is 4.47. The van der Waals surface area contributed by atoms with E-state index in [2.05, 4.69) is 4.74 Å². The second-order valence-electron chi connectivity index (χ2n) is 2.61. The molecule has 0 aliphatic heterocycles. The topological polar surface area (TPSA) is 87.4 Å². The van der Waals surface area contributed by atoms with Crippen molar-refractivity contribution in [3.8, 4) is 0 Å². The van der Waals surface area contributed by atoms with E-state index in [1.807, 2.05) is 0 Å². The van der Waals surface area contributed by atoms with E-state index in [9.17, 15) is 4.79 Å². The van der Waals surface area contributed by atoms with Gasteiger partial charge in [-0.15, -0.1) is 0 Å². The molecule has 5 nitrogen and oxygen atoms in total. The molecule has 0 fully saturated rings. The van der Waals surface area contributed by atoms with Gasteiger partial charge in [-0.25, -0.2) is 0 Å². The van der Waals surface area contributed by atoms with E-state index < -0.39 is 11.7 Å². The molecule has 3 radical (unpaired) electrons. The molecule has 75 valence electrons. The maximum atomic E-state index is 9.90. The van der Waals surface area contributed by atoms with E-state index in [4.69, 9.17) is 15.6 Å². The molecular formula is C6H12NO4Y3-. The Labute approximate surface area is 159 Å². The number of rotatable bonds is 0. The molecular weight excluding hydrogens is 417 g/mol. The van der Waals surface area contributed by atoms with Crippen LogP contribution >= 0.6 is 0 Å². The predicted molar refractivity (Wildman–Crippen MR) is 39.2 cm³/mol. The van der Waals surface area contributed by atoms with Crippen LogP contribution in [-0.2, 0) is 108 Å². The van der Waals surface area contributed by atoms with Crippen molar-refractivity contribution in [1.29, 1.82) is 0 Å². The Morgan fingerprint density at radius 3 is 1.50 bits per heavy atom. The van der Waals surface area contributed by atoms with Crippen LogP contribution < -0.4 is 0 Å². The average molecular weight is 429 g/mol. The van der Waals surface area contributed by atoms with Gasteiger partial charge in [0.05, 0.1) is 0 Å². The van der Waals surface area contributed by atoms with E-state index >= 15 is 0 Å². The quantitative estimate of drug-likeness (QED) is 0.594. The number of carbonyl (C=O) groups is 2. The first-order chi connectivity index (χ1) is 4.83. The van der Waals surface area contributed by atoms with Crippen LogP contribution in [0.5, 0.6) is 0 Å². The van der Waals surface area contributed by atoms with Crippen molar-refractivity contribution in [1.82, 2.24) is 0 Å². The molecule has 2 N–H and O–H groups in total. The molecule has 0 aromatic heterocycles. The summed E-state index contributed by atoms with van der Waals surface area (Å²) in [5.41, 5.74) is 5.86. The molecule has 0 bridgehead atoms. The zero-order chi connectivity index (χ0) is 9.49. The second-order valence-corrected chi connectivity index (χ2v) is 2.61. The van der Waals surface area contributed by atoms with E-state index in [-0.39, 0.29) is 105 Å². The number of carboxylic acid groups (broad SMARTS) is 1. The SMILES string of the molecule is CC(C)(C)OC([NH-])=O.O=CO.[Y].[Y].[Y]. The number of nitrogens with one attached hydrogen (secondary N) is 1. The molecule has 0 aromatic carbocycles. The van der Waals surface area contributed by atoms with Gasteiger partial charge in [0.25, 0.3) is 6.47 Å². The molecule has 8 heteroatoms. The van der Waals surface area contributed by atoms with E-state index in [1.165, 1.54) is 0 Å². The Morgan fingerprint density at radius 2 is 1.50 bits per heavy atom. The third kappa shape index (κ3) is 48.1. The first-order valence-corrected chi connectivity index (χ1v) is 2.86. The van der Waals surface area contributed by atoms with Crippen molar-refractivity contribution in [2.45, 2.75) is 26.4 Å². The van der Waals surface area contributed by atoms with E-state index in [0.29, 0.717) is 0 Å². The Morgan fingerprint density at radius 1 is 1.29 bits per heavy atom. The molecule has 0 aliphatic carbocycles. The van der Waals surface area contributed by atoms with Gasteiger partial charge in [-0.05, 0) is 20.8 Å². The van der Waals surface area contributed by atoms with Crippen molar-refractivity contribution < 1.29 is 118 Å². The zero-order valence-corrected chi connectivity index (χ0v) is 17.0. The number of hydrogen-bond acceptors (Lipinski definition) is 3. The second kappa shape index (κ2) is 17.4. The van der Waals surface area contributed by atoms with Crippen molar-refractivity contribution in [2.24, 2.45) is 0 Å². The van der Waals surface area contributed by atoms with Gasteiger partial charge in [0, 0.05) is 98.1 Å². The standard InChI is InChI=1S/C5H11NO2.CH2O2.3Y/c1-5(2,3)8-4(6)7;2-1-3;;;/h1-3H3,(H2,6,7);1H,(H,2,3);;;/p-1. The van der Waals surface area contributed by atoms with Crippen LogP contribution in [-0.4, -0.2) is 23.3 Å². The number of amides is 1. The van der Waals surface area contributed by atoms with Crippen LogP contribution in [0.4, 0.5) is 4.79 Å². The maximum absolute atomic E-state index is 9.90. The first kappa shape index (κ1) is 29.8. The van der Waals surface area contributed by atoms with Gasteiger partial charge in [-0.1, -0.05) is 0 Å². The molecule has 0 unspecified atom stereocenters. The maximum Gasteiger partial charge on any atom is 0.290 e. The number of ether oxygens (including phenoxy) is 1. The fraction of sp³-hybridized carbons (Fsp3) is 0.667. The van der Waals surface area contributed by atoms with Crippen molar-refractivity contribution in [3.63, 3.8) is 0 Å². The van der Waals surface area contributed by atoms with Crippen LogP contribution in [0.25, 0.3) is 5.73 Å². The first-order valence-electron chi connectivity index (χ1n) is 2.86. The van der Waals surface area contributed by atoms with Crippen LogP contribution in [0.15, 0.2) is 0 Å². The Kier molecular flexibility index (Phi) is 37.1. The van der Waals surface area contributed by atoms with Gasteiger partial charge in [0.1, 0.15) is 5.60 Å². The van der Waals surface area contributed by atoms with Gasteiger partial charge in [-0.3, -0.25) is 9.59 Å². The number of carbonyl (C=O) groups excluding carboxylic acids is 1. The van der Waals surface area contributed by atoms with Gasteiger partial charge in [0.15, 0.2) is 0 Å². The van der Waals surface area contributed by atoms with Crippen molar-refractivity contribution in [3.05, 3.63) is 5.73 Å². The monoisotopic (exact) mass is 429 g/mol. The van der Waals surface area contributed by atoms with Gasteiger partial charge < -0.3 is 15.6 Å². The Bertz CT molecular complexity index is 138. The summed E-state index contributed by atoms with van der Waals surface area (Å²) in [5, 5.41) is 6.89. The van der Waals surface area contributed by atoms with Gasteiger partial charge in [0.2, 0.25) is 6.09 Å².